The molecule has 6 heteroatoms. The fourth-order valence-electron chi connectivity index (χ4n) is 3.90. The number of carbonyl (C=O) groups is 1. The number of aliphatic hydroxyl groups is 1. The molecular formula is C28H37FO4Si. The third-order valence-electron chi connectivity index (χ3n) is 6.95. The summed E-state index contributed by atoms with van der Waals surface area (Å²) in [4.78, 5) is 11.7. The summed E-state index contributed by atoms with van der Waals surface area (Å²) in [6, 6.07) is 9.35. The van der Waals surface area contributed by atoms with E-state index in [1.54, 1.807) is 6.07 Å². The summed E-state index contributed by atoms with van der Waals surface area (Å²) in [5.74, 6) is -0.661. The monoisotopic (exact) mass is 484 g/mol. The van der Waals surface area contributed by atoms with Crippen LogP contribution >= 0.6 is 0 Å². The molecule has 1 saturated heterocycles. The van der Waals surface area contributed by atoms with Crippen LogP contribution in [0.1, 0.15) is 55.9 Å². The van der Waals surface area contributed by atoms with Crippen molar-refractivity contribution in [2.75, 3.05) is 0 Å². The van der Waals surface area contributed by atoms with Gasteiger partial charge in [-0.3, -0.25) is 4.79 Å². The van der Waals surface area contributed by atoms with Crippen LogP contribution in [-0.2, 0) is 20.6 Å². The van der Waals surface area contributed by atoms with Crippen LogP contribution in [0.2, 0.25) is 18.1 Å². The van der Waals surface area contributed by atoms with Gasteiger partial charge in [0.05, 0.1) is 19.1 Å². The Hall–Kier alpha value is -2.28. The second kappa shape index (κ2) is 10.1. The zero-order chi connectivity index (χ0) is 25.3. The molecule has 2 aromatic rings. The fourth-order valence-corrected chi connectivity index (χ4v) is 4.85. The molecule has 0 amide bonds. The number of esters is 1. The molecule has 0 radical (unpaired) electrons. The summed E-state index contributed by atoms with van der Waals surface area (Å²) in [6.45, 7) is 15.1. The summed E-state index contributed by atoms with van der Waals surface area (Å²) < 4.78 is 26.4. The van der Waals surface area contributed by atoms with Gasteiger partial charge in [0.25, 0.3) is 0 Å². The average Bonchev–Trinajstić information content (AvgIpc) is 2.70. The van der Waals surface area contributed by atoms with Crippen LogP contribution in [0.4, 0.5) is 4.39 Å². The number of ether oxygens (including phenoxy) is 1. The lowest BCUT2D eigenvalue weighted by Crippen LogP contribution is -2.40. The predicted octanol–water partition coefficient (Wildman–Crippen LogP) is 6.71. The zero-order valence-corrected chi connectivity index (χ0v) is 22.4. The number of benzene rings is 2. The van der Waals surface area contributed by atoms with E-state index in [-0.39, 0.29) is 29.9 Å². The minimum Gasteiger partial charge on any atom is -0.458 e. The Morgan fingerprint density at radius 2 is 1.91 bits per heavy atom. The Morgan fingerprint density at radius 3 is 2.56 bits per heavy atom. The van der Waals surface area contributed by atoms with Crippen LogP contribution in [0, 0.1) is 19.7 Å². The van der Waals surface area contributed by atoms with Gasteiger partial charge in [0.15, 0.2) is 8.32 Å². The highest BCUT2D eigenvalue weighted by Gasteiger charge is 2.37. The van der Waals surface area contributed by atoms with E-state index in [0.29, 0.717) is 12.0 Å². The van der Waals surface area contributed by atoms with Gasteiger partial charge in [-0.05, 0) is 72.4 Å². The number of rotatable bonds is 6. The van der Waals surface area contributed by atoms with Crippen LogP contribution in [0.5, 0.6) is 0 Å². The number of halogens is 1. The lowest BCUT2D eigenvalue weighted by Gasteiger charge is -2.36. The normalized spacial score (nSPS) is 19.5. The first-order valence-corrected chi connectivity index (χ1v) is 14.8. The highest BCUT2D eigenvalue weighted by Crippen LogP contribution is 2.38. The lowest BCUT2D eigenvalue weighted by atomic mass is 9.92. The van der Waals surface area contributed by atoms with Crippen LogP contribution in [0.25, 0.3) is 17.2 Å². The van der Waals surface area contributed by atoms with E-state index >= 15 is 0 Å². The molecule has 2 atom stereocenters. The van der Waals surface area contributed by atoms with Gasteiger partial charge in [-0.25, -0.2) is 4.39 Å². The van der Waals surface area contributed by atoms with Crippen LogP contribution < -0.4 is 0 Å². The van der Waals surface area contributed by atoms with Crippen molar-refractivity contribution in [1.29, 1.82) is 0 Å². The van der Waals surface area contributed by atoms with Crippen molar-refractivity contribution < 1.29 is 23.5 Å². The fraction of sp³-hybridized carbons (Fsp3) is 0.464. The van der Waals surface area contributed by atoms with Crippen molar-refractivity contribution in [3.63, 3.8) is 0 Å². The van der Waals surface area contributed by atoms with Gasteiger partial charge in [0, 0.05) is 12.0 Å². The summed E-state index contributed by atoms with van der Waals surface area (Å²) in [5, 5.41) is 9.95. The minimum atomic E-state index is -2.02. The van der Waals surface area contributed by atoms with E-state index in [9.17, 15) is 14.3 Å². The summed E-state index contributed by atoms with van der Waals surface area (Å²) >= 11 is 0. The molecule has 1 N–H and O–H groups in total. The third kappa shape index (κ3) is 6.23. The first kappa shape index (κ1) is 26.3. The molecule has 3 rings (SSSR count). The van der Waals surface area contributed by atoms with E-state index in [2.05, 4.69) is 46.0 Å². The molecule has 0 unspecified atom stereocenters. The molecule has 0 aromatic heterocycles. The van der Waals surface area contributed by atoms with Crippen molar-refractivity contribution in [3.8, 4) is 11.1 Å². The van der Waals surface area contributed by atoms with E-state index < -0.39 is 20.5 Å². The van der Waals surface area contributed by atoms with E-state index in [4.69, 9.17) is 9.16 Å². The van der Waals surface area contributed by atoms with Gasteiger partial charge in [-0.2, -0.15) is 0 Å². The van der Waals surface area contributed by atoms with Crippen molar-refractivity contribution in [2.24, 2.45) is 0 Å². The summed E-state index contributed by atoms with van der Waals surface area (Å²) in [7, 11) is -2.02. The largest absolute Gasteiger partial charge is 0.458 e. The SMILES string of the molecule is Cc1cc(C)c(C=C[C@@H]2C[C@@H](O)CC(=O)O2)c(-c2ccc(F)c(CO[Si](C)(C)C(C)(C)C)c2)c1. The van der Waals surface area contributed by atoms with Gasteiger partial charge in [0.2, 0.25) is 0 Å². The van der Waals surface area contributed by atoms with Gasteiger partial charge >= 0.3 is 5.97 Å². The molecule has 2 aromatic carbocycles. The Bertz CT molecular complexity index is 1080. The average molecular weight is 485 g/mol. The van der Waals surface area contributed by atoms with E-state index in [1.807, 2.05) is 32.1 Å². The molecule has 34 heavy (non-hydrogen) atoms. The number of cyclic esters (lactones) is 1. The molecule has 1 fully saturated rings. The van der Waals surface area contributed by atoms with Gasteiger partial charge in [-0.1, -0.05) is 50.6 Å². The molecule has 1 heterocycles. The smallest absolute Gasteiger partial charge is 0.309 e. The second-order valence-corrected chi connectivity index (χ2v) is 15.7. The lowest BCUT2D eigenvalue weighted by molar-refractivity contribution is -0.156. The van der Waals surface area contributed by atoms with Gasteiger partial charge in [-0.15, -0.1) is 0 Å². The standard InChI is InChI=1S/C28H37FO4Si/c1-18-12-19(2)24(10-9-23-15-22(30)16-27(31)33-23)25(13-18)20-8-11-26(29)21(14-20)17-32-34(6,7)28(3,4)5/h8-14,22-23,30H,15-17H2,1-7H3/t22-,23-/m1/s1. The Balaban J connectivity index is 1.94. The van der Waals surface area contributed by atoms with Crippen molar-refractivity contribution in [2.45, 2.75) is 84.4 Å². The maximum Gasteiger partial charge on any atom is 0.309 e. The molecule has 1 aliphatic rings. The number of aryl methyl sites for hydroxylation is 2. The van der Waals surface area contributed by atoms with E-state index in [0.717, 1.165) is 27.8 Å². The Kier molecular flexibility index (Phi) is 7.85. The molecule has 184 valence electrons. The third-order valence-corrected chi connectivity index (χ3v) is 11.4. The first-order valence-electron chi connectivity index (χ1n) is 11.9. The first-order chi connectivity index (χ1) is 15.8. The molecule has 4 nitrogen and oxygen atoms in total. The molecule has 0 spiro atoms. The summed E-state index contributed by atoms with van der Waals surface area (Å²) in [5.41, 5.74) is 5.57. The predicted molar refractivity (Wildman–Crippen MR) is 137 cm³/mol. The maximum absolute atomic E-state index is 14.7. The van der Waals surface area contributed by atoms with Gasteiger partial charge < -0.3 is 14.3 Å². The molecule has 0 saturated carbocycles. The highest BCUT2D eigenvalue weighted by atomic mass is 28.4. The zero-order valence-electron chi connectivity index (χ0n) is 21.4. The topological polar surface area (TPSA) is 55.8 Å². The maximum atomic E-state index is 14.7. The second-order valence-electron chi connectivity index (χ2n) is 10.9. The van der Waals surface area contributed by atoms with Gasteiger partial charge in [0.1, 0.15) is 11.9 Å². The number of carbonyl (C=O) groups excluding carboxylic acids is 1. The van der Waals surface area contributed by atoms with Crippen LogP contribution in [0.3, 0.4) is 0 Å². The molecule has 0 bridgehead atoms. The molecule has 1 aliphatic heterocycles. The highest BCUT2D eigenvalue weighted by molar-refractivity contribution is 6.74. The van der Waals surface area contributed by atoms with Crippen LogP contribution in [0.15, 0.2) is 36.4 Å². The minimum absolute atomic E-state index is 0.0362. The summed E-state index contributed by atoms with van der Waals surface area (Å²) in [6.07, 6.45) is 3.03. The number of hydrogen-bond donors (Lipinski definition) is 1. The molecule has 0 aliphatic carbocycles. The number of hydrogen-bond acceptors (Lipinski definition) is 4. The Labute approximate surface area is 203 Å². The van der Waals surface area contributed by atoms with Crippen molar-refractivity contribution in [3.05, 3.63) is 64.5 Å². The Morgan fingerprint density at radius 1 is 1.21 bits per heavy atom. The van der Waals surface area contributed by atoms with Crippen LogP contribution in [-0.4, -0.2) is 31.6 Å². The quantitative estimate of drug-likeness (QED) is 0.366. The molecular weight excluding hydrogens is 447 g/mol. The van der Waals surface area contributed by atoms with Crippen molar-refractivity contribution in [1.82, 2.24) is 0 Å². The number of aliphatic hydroxyl groups excluding tert-OH is 1. The van der Waals surface area contributed by atoms with E-state index in [1.165, 1.54) is 6.07 Å². The van der Waals surface area contributed by atoms with Crippen molar-refractivity contribution >= 4 is 20.4 Å².